The van der Waals surface area contributed by atoms with Gasteiger partial charge in [-0.05, 0) is 67.4 Å². The number of nitrogens with zero attached hydrogens (tertiary/aromatic N) is 4. The molecule has 2 aliphatic rings. The van der Waals surface area contributed by atoms with Crippen LogP contribution in [0.25, 0.3) is 11.1 Å². The van der Waals surface area contributed by atoms with Gasteiger partial charge in [0.1, 0.15) is 5.82 Å². The molecule has 0 aliphatic carbocycles. The fraction of sp³-hybridized carbons (Fsp3) is 0.333. The van der Waals surface area contributed by atoms with Crippen LogP contribution in [0.1, 0.15) is 16.7 Å². The van der Waals surface area contributed by atoms with Gasteiger partial charge in [-0.15, -0.1) is 0 Å². The molecule has 1 saturated heterocycles. The van der Waals surface area contributed by atoms with Crippen LogP contribution in [0.3, 0.4) is 0 Å². The van der Waals surface area contributed by atoms with Crippen molar-refractivity contribution in [2.45, 2.75) is 19.9 Å². The molecule has 0 radical (unpaired) electrons. The molecule has 0 atom stereocenters. The van der Waals surface area contributed by atoms with Crippen molar-refractivity contribution in [3.8, 4) is 11.1 Å². The standard InChI is InChI=1S/C27H29Cl2N5O/c1-18-3-7-25(33-13-11-32(2)12-14-33)23-17-34(10-9-21(18)23)27(35)31-26-8-4-19(16-30-26)22-6-5-20(28)15-24(22)29/h3-8,15-16H,9-14,17H2,1-2H3,(H,30,31,35). The van der Waals surface area contributed by atoms with Crippen LogP contribution in [0.2, 0.25) is 10.0 Å². The van der Waals surface area contributed by atoms with Crippen LogP contribution in [0.15, 0.2) is 48.7 Å². The molecule has 1 fully saturated rings. The number of nitrogens with one attached hydrogen (secondary N) is 1. The molecule has 0 unspecified atom stereocenters. The lowest BCUT2D eigenvalue weighted by Crippen LogP contribution is -2.46. The molecular formula is C27H29Cl2N5O. The SMILES string of the molecule is Cc1ccc(N2CCN(C)CC2)c2c1CCN(C(=O)Nc1ccc(-c3ccc(Cl)cc3Cl)cn1)C2. The highest BCUT2D eigenvalue weighted by Crippen LogP contribution is 2.33. The van der Waals surface area contributed by atoms with Gasteiger partial charge >= 0.3 is 6.03 Å². The number of hydrogen-bond donors (Lipinski definition) is 1. The van der Waals surface area contributed by atoms with Gasteiger partial charge < -0.3 is 14.7 Å². The molecule has 0 spiro atoms. The van der Waals surface area contributed by atoms with E-state index in [2.05, 4.69) is 46.2 Å². The topological polar surface area (TPSA) is 51.7 Å². The number of carbonyl (C=O) groups is 1. The zero-order valence-corrected chi connectivity index (χ0v) is 21.5. The molecule has 3 heterocycles. The molecule has 0 bridgehead atoms. The Labute approximate surface area is 216 Å². The van der Waals surface area contributed by atoms with Gasteiger partial charge in [-0.3, -0.25) is 5.32 Å². The number of hydrogen-bond acceptors (Lipinski definition) is 4. The van der Waals surface area contributed by atoms with Gasteiger partial charge in [0, 0.05) is 72.3 Å². The zero-order valence-electron chi connectivity index (χ0n) is 20.0. The van der Waals surface area contributed by atoms with Crippen LogP contribution >= 0.6 is 23.2 Å². The Morgan fingerprint density at radius 1 is 0.971 bits per heavy atom. The fourth-order valence-corrected chi connectivity index (χ4v) is 5.41. The molecule has 0 saturated carbocycles. The van der Waals surface area contributed by atoms with E-state index in [1.165, 1.54) is 22.4 Å². The smallest absolute Gasteiger partial charge is 0.323 e. The van der Waals surface area contributed by atoms with Crippen LogP contribution in [0.5, 0.6) is 0 Å². The van der Waals surface area contributed by atoms with Gasteiger partial charge in [0.05, 0.1) is 0 Å². The average molecular weight is 510 g/mol. The van der Waals surface area contributed by atoms with Crippen molar-refractivity contribution in [1.29, 1.82) is 0 Å². The third-order valence-electron chi connectivity index (χ3n) is 6.99. The predicted molar refractivity (Wildman–Crippen MR) is 144 cm³/mol. The lowest BCUT2D eigenvalue weighted by atomic mass is 9.93. The molecular weight excluding hydrogens is 481 g/mol. The number of piperazine rings is 1. The molecule has 1 N–H and O–H groups in total. The molecule has 2 aromatic carbocycles. The Kier molecular flexibility index (Phi) is 6.87. The van der Waals surface area contributed by atoms with Gasteiger partial charge in [-0.25, -0.2) is 9.78 Å². The summed E-state index contributed by atoms with van der Waals surface area (Å²) in [5.74, 6) is 0.512. The molecule has 3 aromatic rings. The van der Waals surface area contributed by atoms with Crippen LogP contribution in [-0.4, -0.2) is 60.6 Å². The van der Waals surface area contributed by atoms with E-state index >= 15 is 0 Å². The summed E-state index contributed by atoms with van der Waals surface area (Å²) in [5.41, 5.74) is 6.93. The Hall–Kier alpha value is -2.80. The monoisotopic (exact) mass is 509 g/mol. The number of amides is 2. The highest BCUT2D eigenvalue weighted by atomic mass is 35.5. The first kappa shape index (κ1) is 23.9. The maximum atomic E-state index is 13.2. The van der Waals surface area contributed by atoms with Crippen molar-refractivity contribution in [3.05, 3.63) is 75.4 Å². The summed E-state index contributed by atoms with van der Waals surface area (Å²) in [6.07, 6.45) is 2.57. The van der Waals surface area contributed by atoms with Gasteiger partial charge in [0.15, 0.2) is 0 Å². The van der Waals surface area contributed by atoms with Crippen molar-refractivity contribution in [2.75, 3.05) is 50.0 Å². The minimum atomic E-state index is -0.133. The number of likely N-dealkylation sites (N-methyl/N-ethyl adjacent to an activating group) is 1. The van der Waals surface area contributed by atoms with E-state index in [0.717, 1.165) is 43.7 Å². The summed E-state index contributed by atoms with van der Waals surface area (Å²) < 4.78 is 0. The number of pyridine rings is 1. The minimum absolute atomic E-state index is 0.133. The van der Waals surface area contributed by atoms with Gasteiger partial charge in [0.2, 0.25) is 0 Å². The molecule has 35 heavy (non-hydrogen) atoms. The van der Waals surface area contributed by atoms with E-state index in [9.17, 15) is 4.79 Å². The third-order valence-corrected chi connectivity index (χ3v) is 7.54. The second-order valence-corrected chi connectivity index (χ2v) is 10.2. The summed E-state index contributed by atoms with van der Waals surface area (Å²) in [6.45, 7) is 7.57. The Morgan fingerprint density at radius 2 is 1.77 bits per heavy atom. The molecule has 2 amide bonds. The maximum Gasteiger partial charge on any atom is 0.323 e. The van der Waals surface area contributed by atoms with E-state index in [4.69, 9.17) is 23.2 Å². The number of halogens is 2. The molecule has 1 aromatic heterocycles. The summed E-state index contributed by atoms with van der Waals surface area (Å²) in [6, 6.07) is 13.4. The molecule has 2 aliphatic heterocycles. The van der Waals surface area contributed by atoms with Crippen LogP contribution in [-0.2, 0) is 13.0 Å². The highest BCUT2D eigenvalue weighted by molar-refractivity contribution is 6.36. The molecule has 5 rings (SSSR count). The van der Waals surface area contributed by atoms with Crippen LogP contribution in [0.4, 0.5) is 16.3 Å². The van der Waals surface area contributed by atoms with E-state index in [0.29, 0.717) is 29.0 Å². The van der Waals surface area contributed by atoms with Gasteiger partial charge in [-0.2, -0.15) is 0 Å². The largest absolute Gasteiger partial charge is 0.369 e. The lowest BCUT2D eigenvalue weighted by molar-refractivity contribution is 0.206. The Morgan fingerprint density at radius 3 is 2.49 bits per heavy atom. The number of fused-ring (bicyclic) bond motifs is 1. The first-order valence-electron chi connectivity index (χ1n) is 11.9. The fourth-order valence-electron chi connectivity index (χ4n) is 4.90. The summed E-state index contributed by atoms with van der Waals surface area (Å²) >= 11 is 12.3. The predicted octanol–water partition coefficient (Wildman–Crippen LogP) is 5.71. The minimum Gasteiger partial charge on any atom is -0.369 e. The van der Waals surface area contributed by atoms with E-state index in [-0.39, 0.29) is 6.03 Å². The second kappa shape index (κ2) is 10.1. The summed E-state index contributed by atoms with van der Waals surface area (Å²) in [5, 5.41) is 4.12. The molecule has 8 heteroatoms. The number of rotatable bonds is 3. The van der Waals surface area contributed by atoms with E-state index in [1.807, 2.05) is 17.0 Å². The third kappa shape index (κ3) is 5.10. The number of urea groups is 1. The van der Waals surface area contributed by atoms with Crippen LogP contribution < -0.4 is 10.2 Å². The number of aromatic nitrogens is 1. The number of aryl methyl sites for hydroxylation is 1. The number of anilines is 2. The van der Waals surface area contributed by atoms with Gasteiger partial charge in [0.25, 0.3) is 0 Å². The van der Waals surface area contributed by atoms with Crippen LogP contribution in [0, 0.1) is 6.92 Å². The quantitative estimate of drug-likeness (QED) is 0.491. The normalized spacial score (nSPS) is 16.2. The number of carbonyl (C=O) groups excluding carboxylic acids is 1. The summed E-state index contributed by atoms with van der Waals surface area (Å²) in [4.78, 5) is 24.3. The first-order valence-corrected chi connectivity index (χ1v) is 12.7. The molecule has 182 valence electrons. The first-order chi connectivity index (χ1) is 16.9. The summed E-state index contributed by atoms with van der Waals surface area (Å²) in [7, 11) is 2.17. The van der Waals surface area contributed by atoms with Crippen molar-refractivity contribution >= 4 is 40.7 Å². The van der Waals surface area contributed by atoms with Gasteiger partial charge in [-0.1, -0.05) is 35.3 Å². The Bertz CT molecular complexity index is 1240. The zero-order chi connectivity index (χ0) is 24.5. The van der Waals surface area contributed by atoms with Crippen molar-refractivity contribution in [1.82, 2.24) is 14.8 Å². The maximum absolute atomic E-state index is 13.2. The molecule has 6 nitrogen and oxygen atoms in total. The second-order valence-electron chi connectivity index (χ2n) is 9.31. The van der Waals surface area contributed by atoms with Crippen molar-refractivity contribution in [2.24, 2.45) is 0 Å². The van der Waals surface area contributed by atoms with E-state index < -0.39 is 0 Å². The highest BCUT2D eigenvalue weighted by Gasteiger charge is 2.27. The van der Waals surface area contributed by atoms with E-state index in [1.54, 1.807) is 24.4 Å². The number of benzene rings is 2. The Balaban J connectivity index is 1.30. The average Bonchev–Trinajstić information content (AvgIpc) is 2.85. The van der Waals surface area contributed by atoms with Crippen molar-refractivity contribution < 1.29 is 4.79 Å². The lowest BCUT2D eigenvalue weighted by Gasteiger charge is -2.38. The van der Waals surface area contributed by atoms with Crippen molar-refractivity contribution in [3.63, 3.8) is 0 Å².